The molecule has 0 amide bonds. The number of ether oxygens (including phenoxy) is 4. The number of esters is 1. The quantitative estimate of drug-likeness (QED) is 0.237. The van der Waals surface area contributed by atoms with Crippen LogP contribution in [0.1, 0.15) is 37.9 Å². The van der Waals surface area contributed by atoms with Gasteiger partial charge in [-0.15, -0.1) is 0 Å². The Morgan fingerprint density at radius 1 is 1.05 bits per heavy atom. The summed E-state index contributed by atoms with van der Waals surface area (Å²) in [6.45, 7) is 7.11. The fourth-order valence-corrected chi connectivity index (χ4v) is 7.12. The van der Waals surface area contributed by atoms with Crippen molar-refractivity contribution in [3.63, 3.8) is 0 Å². The third-order valence-corrected chi connectivity index (χ3v) is 8.04. The van der Waals surface area contributed by atoms with Crippen LogP contribution in [-0.4, -0.2) is 37.5 Å². The predicted octanol–water partition coefficient (Wildman–Crippen LogP) is 4.42. The van der Waals surface area contributed by atoms with Gasteiger partial charge in [-0.3, -0.25) is 9.36 Å². The summed E-state index contributed by atoms with van der Waals surface area (Å²) in [4.78, 5) is 31.6. The lowest BCUT2D eigenvalue weighted by Gasteiger charge is -2.23. The molecule has 2 aromatic carbocycles. The normalized spacial score (nSPS) is 14.8. The fraction of sp³-hybridized carbons (Fsp3) is 0.296. The van der Waals surface area contributed by atoms with Crippen LogP contribution in [0.5, 0.6) is 17.2 Å². The number of rotatable bonds is 9. The summed E-state index contributed by atoms with van der Waals surface area (Å²) in [5, 5.41) is 0. The minimum atomic E-state index is -0.752. The van der Waals surface area contributed by atoms with Crippen molar-refractivity contribution in [2.24, 2.45) is 4.99 Å². The molecule has 3 aromatic rings. The topological polar surface area (TPSA) is 88.4 Å². The molecule has 0 radical (unpaired) electrons. The van der Waals surface area contributed by atoms with Crippen molar-refractivity contribution >= 4 is 68.6 Å². The molecule has 38 heavy (non-hydrogen) atoms. The minimum Gasteiger partial charge on any atom is -0.492 e. The van der Waals surface area contributed by atoms with Crippen molar-refractivity contribution in [2.45, 2.75) is 26.8 Å². The van der Waals surface area contributed by atoms with Gasteiger partial charge >= 0.3 is 5.97 Å². The molecule has 2 heterocycles. The van der Waals surface area contributed by atoms with Crippen LogP contribution >= 0.6 is 56.5 Å². The Morgan fingerprint density at radius 3 is 2.45 bits per heavy atom. The molecule has 0 unspecified atom stereocenters. The first kappa shape index (κ1) is 28.6. The molecule has 0 bridgehead atoms. The van der Waals surface area contributed by atoms with E-state index >= 15 is 0 Å². The van der Waals surface area contributed by atoms with Crippen LogP contribution in [0.25, 0.3) is 6.08 Å². The Kier molecular flexibility index (Phi) is 9.52. The molecule has 11 heteroatoms. The van der Waals surface area contributed by atoms with Crippen LogP contribution in [-0.2, 0) is 9.53 Å². The molecule has 8 nitrogen and oxygen atoms in total. The van der Waals surface area contributed by atoms with Gasteiger partial charge in [0.2, 0.25) is 0 Å². The van der Waals surface area contributed by atoms with Crippen LogP contribution in [0.4, 0.5) is 0 Å². The van der Waals surface area contributed by atoms with Gasteiger partial charge in [-0.25, -0.2) is 9.79 Å². The summed E-state index contributed by atoms with van der Waals surface area (Å²) in [7, 11) is 1.31. The first-order valence-corrected chi connectivity index (χ1v) is 14.9. The second kappa shape index (κ2) is 12.6. The standard InChI is InChI=1S/C27H26I2N2O6S/c1-5-35-20-9-8-15(11-21(20)36-6-2)23-18(26(33)34-4)14-30-27-31(23)25(32)22(38-27)12-16-10-17(28)13-19(29)24(16)37-7-3/h8-14,23H,5-7H2,1-4H3/b22-12+/t23-/m1/s1. The van der Waals surface area contributed by atoms with Crippen molar-refractivity contribution in [3.05, 3.63) is 80.1 Å². The van der Waals surface area contributed by atoms with E-state index in [1.54, 1.807) is 12.1 Å². The lowest BCUT2D eigenvalue weighted by atomic mass is 9.97. The maximum absolute atomic E-state index is 13.9. The Bertz CT molecular complexity index is 1580. The number of methoxy groups -OCH3 is 1. The van der Waals surface area contributed by atoms with Crippen LogP contribution in [0.3, 0.4) is 0 Å². The Morgan fingerprint density at radius 2 is 1.76 bits per heavy atom. The maximum Gasteiger partial charge on any atom is 0.337 e. The highest BCUT2D eigenvalue weighted by Gasteiger charge is 2.31. The smallest absolute Gasteiger partial charge is 0.337 e. The van der Waals surface area contributed by atoms with Gasteiger partial charge in [0, 0.05) is 15.3 Å². The largest absolute Gasteiger partial charge is 0.492 e. The molecule has 1 aliphatic heterocycles. The zero-order valence-electron chi connectivity index (χ0n) is 21.2. The molecule has 0 saturated carbocycles. The van der Waals surface area contributed by atoms with E-state index < -0.39 is 12.0 Å². The number of hydrogen-bond donors (Lipinski definition) is 0. The van der Waals surface area contributed by atoms with Gasteiger partial charge in [-0.05, 0) is 102 Å². The van der Waals surface area contributed by atoms with Crippen LogP contribution in [0.2, 0.25) is 0 Å². The van der Waals surface area contributed by atoms with Gasteiger partial charge in [-0.2, -0.15) is 0 Å². The zero-order valence-corrected chi connectivity index (χ0v) is 26.4. The average Bonchev–Trinajstić information content (AvgIpc) is 3.21. The molecule has 1 aromatic heterocycles. The fourth-order valence-electron chi connectivity index (χ4n) is 4.11. The SMILES string of the molecule is CCOc1ccc([C@@H]2C(C(=O)OC)=CN=c3s/c(=C/c4cc(I)cc(I)c4OCC)c(=O)n32)cc1OCC. The molecule has 0 spiro atoms. The number of aromatic nitrogens is 1. The number of fused-ring (bicyclic) bond motifs is 1. The van der Waals surface area contributed by atoms with Crippen molar-refractivity contribution in [1.29, 1.82) is 0 Å². The molecular formula is C27H26I2N2O6S. The van der Waals surface area contributed by atoms with Gasteiger partial charge in [0.05, 0.1) is 46.6 Å². The number of nitrogens with zero attached hydrogens (tertiary/aromatic N) is 2. The average molecular weight is 760 g/mol. The van der Waals surface area contributed by atoms with E-state index in [2.05, 4.69) is 50.2 Å². The molecule has 0 aliphatic carbocycles. The molecule has 1 aliphatic rings. The number of hydrogen-bond acceptors (Lipinski definition) is 8. The van der Waals surface area contributed by atoms with Gasteiger partial charge < -0.3 is 18.9 Å². The van der Waals surface area contributed by atoms with Crippen LogP contribution in [0.15, 0.2) is 51.9 Å². The molecule has 0 N–H and O–H groups in total. The monoisotopic (exact) mass is 760 g/mol. The summed E-state index contributed by atoms with van der Waals surface area (Å²) in [5.74, 6) is 1.28. The summed E-state index contributed by atoms with van der Waals surface area (Å²) >= 11 is 5.74. The maximum atomic E-state index is 13.9. The Labute approximate surface area is 251 Å². The first-order chi connectivity index (χ1) is 18.3. The molecule has 1 atom stereocenters. The highest BCUT2D eigenvalue weighted by Crippen LogP contribution is 2.35. The minimum absolute atomic E-state index is 0.247. The lowest BCUT2D eigenvalue weighted by molar-refractivity contribution is -0.136. The molecular weight excluding hydrogens is 734 g/mol. The van der Waals surface area contributed by atoms with E-state index in [0.717, 1.165) is 18.5 Å². The third kappa shape index (κ3) is 5.78. The highest BCUT2D eigenvalue weighted by molar-refractivity contribution is 14.1. The third-order valence-electron chi connectivity index (χ3n) is 5.62. The van der Waals surface area contributed by atoms with Crippen molar-refractivity contribution in [2.75, 3.05) is 26.9 Å². The second-order valence-electron chi connectivity index (χ2n) is 7.99. The molecule has 0 saturated heterocycles. The van der Waals surface area contributed by atoms with Gasteiger partial charge in [0.15, 0.2) is 16.3 Å². The summed E-state index contributed by atoms with van der Waals surface area (Å²) in [5.41, 5.74) is 1.46. The zero-order chi connectivity index (χ0) is 27.4. The first-order valence-electron chi connectivity index (χ1n) is 11.9. The van der Waals surface area contributed by atoms with Crippen LogP contribution in [0, 0.1) is 7.14 Å². The number of carbonyl (C=O) groups is 1. The van der Waals surface area contributed by atoms with E-state index in [4.69, 9.17) is 18.9 Å². The Balaban J connectivity index is 1.94. The Hall–Kier alpha value is -2.39. The van der Waals surface area contributed by atoms with E-state index in [0.29, 0.717) is 46.2 Å². The number of halogens is 2. The predicted molar refractivity (Wildman–Crippen MR) is 163 cm³/mol. The number of thiazole rings is 1. The van der Waals surface area contributed by atoms with E-state index in [9.17, 15) is 9.59 Å². The summed E-state index contributed by atoms with van der Waals surface area (Å²) in [6, 6.07) is 8.66. The van der Waals surface area contributed by atoms with Crippen molar-refractivity contribution in [3.8, 4) is 17.2 Å². The van der Waals surface area contributed by atoms with Crippen molar-refractivity contribution < 1.29 is 23.7 Å². The van der Waals surface area contributed by atoms with Gasteiger partial charge in [0.1, 0.15) is 5.75 Å². The van der Waals surface area contributed by atoms with E-state index in [-0.39, 0.29) is 11.1 Å². The highest BCUT2D eigenvalue weighted by atomic mass is 127. The van der Waals surface area contributed by atoms with E-state index in [1.807, 2.05) is 45.0 Å². The lowest BCUT2D eigenvalue weighted by Crippen LogP contribution is -2.39. The number of carbonyl (C=O) groups excluding carboxylic acids is 1. The van der Waals surface area contributed by atoms with Crippen molar-refractivity contribution in [1.82, 2.24) is 4.57 Å². The molecule has 4 rings (SSSR count). The second-order valence-corrected chi connectivity index (χ2v) is 11.4. The van der Waals surface area contributed by atoms with Gasteiger partial charge in [0.25, 0.3) is 5.56 Å². The molecule has 200 valence electrons. The summed E-state index contributed by atoms with van der Waals surface area (Å²) < 4.78 is 26.5. The van der Waals surface area contributed by atoms with Gasteiger partial charge in [-0.1, -0.05) is 17.4 Å². The van der Waals surface area contributed by atoms with Crippen LogP contribution < -0.4 is 29.1 Å². The number of benzene rings is 2. The van der Waals surface area contributed by atoms with E-state index in [1.165, 1.54) is 29.2 Å². The summed E-state index contributed by atoms with van der Waals surface area (Å²) in [6.07, 6.45) is 3.30. The molecule has 0 fully saturated rings.